The van der Waals surface area contributed by atoms with Gasteiger partial charge in [0.15, 0.2) is 21.4 Å². The highest BCUT2D eigenvalue weighted by Gasteiger charge is 2.17. The van der Waals surface area contributed by atoms with Gasteiger partial charge in [-0.2, -0.15) is 5.10 Å². The van der Waals surface area contributed by atoms with E-state index >= 15 is 0 Å². The summed E-state index contributed by atoms with van der Waals surface area (Å²) < 4.78 is 2.82. The van der Waals surface area contributed by atoms with Crippen molar-refractivity contribution in [3.05, 3.63) is 65.1 Å². The third-order valence-electron chi connectivity index (χ3n) is 4.30. The van der Waals surface area contributed by atoms with Crippen molar-refractivity contribution in [2.45, 2.75) is 15.8 Å². The zero-order valence-corrected chi connectivity index (χ0v) is 17.0. The minimum Gasteiger partial charge on any atom is -0.275 e. The first kappa shape index (κ1) is 17.5. The molecular weight excluding hydrogens is 408 g/mol. The molecule has 28 heavy (non-hydrogen) atoms. The van der Waals surface area contributed by atoms with Gasteiger partial charge in [-0.3, -0.25) is 15.1 Å². The van der Waals surface area contributed by atoms with Crippen LogP contribution in [0.3, 0.4) is 0 Å². The second-order valence-corrected chi connectivity index (χ2v) is 8.56. The molecule has 0 unspecified atom stereocenters. The van der Waals surface area contributed by atoms with Crippen molar-refractivity contribution in [1.82, 2.24) is 24.7 Å². The number of thiol groups is 1. The predicted molar refractivity (Wildman–Crippen MR) is 116 cm³/mol. The number of fused-ring (bicyclic) bond motifs is 2. The van der Waals surface area contributed by atoms with E-state index in [4.69, 9.17) is 10.4 Å². The molecule has 3 heterocycles. The summed E-state index contributed by atoms with van der Waals surface area (Å²) >= 11 is 7.56. The summed E-state index contributed by atoms with van der Waals surface area (Å²) in [7, 11) is 0. The van der Waals surface area contributed by atoms with Gasteiger partial charge in [-0.1, -0.05) is 59.5 Å². The van der Waals surface area contributed by atoms with Crippen molar-refractivity contribution in [1.29, 1.82) is 5.41 Å². The molecule has 0 saturated carbocycles. The Bertz CT molecular complexity index is 1350. The fourth-order valence-corrected chi connectivity index (χ4v) is 5.13. The molecular formula is C19H14N6S3. The molecule has 3 aromatic heterocycles. The van der Waals surface area contributed by atoms with E-state index in [0.717, 1.165) is 26.3 Å². The Hall–Kier alpha value is -2.62. The molecule has 2 N–H and O–H groups in total. The summed E-state index contributed by atoms with van der Waals surface area (Å²) in [6.45, 7) is 0. The van der Waals surface area contributed by atoms with E-state index in [-0.39, 0.29) is 0 Å². The predicted octanol–water partition coefficient (Wildman–Crippen LogP) is 4.42. The maximum atomic E-state index is 8.52. The average Bonchev–Trinajstić information content (AvgIpc) is 3.31. The minimum atomic E-state index is 0.386. The van der Waals surface area contributed by atoms with Crippen LogP contribution >= 0.6 is 35.7 Å². The SMILES string of the molecule is N=c1sc2cccc(S)c2n1-c1nc(SCc2ccccc2)nc2[nH]ncc12. The highest BCUT2D eigenvalue weighted by atomic mass is 32.2. The largest absolute Gasteiger partial charge is 0.275 e. The lowest BCUT2D eigenvalue weighted by Crippen LogP contribution is -2.13. The smallest absolute Gasteiger partial charge is 0.191 e. The summed E-state index contributed by atoms with van der Waals surface area (Å²) in [5, 5.41) is 17.0. The van der Waals surface area contributed by atoms with Gasteiger partial charge in [0.05, 0.1) is 21.8 Å². The van der Waals surface area contributed by atoms with Crippen molar-refractivity contribution in [2.24, 2.45) is 0 Å². The number of nitrogens with one attached hydrogen (secondary N) is 2. The average molecular weight is 423 g/mol. The summed E-state index contributed by atoms with van der Waals surface area (Å²) in [4.78, 5) is 10.6. The molecule has 138 valence electrons. The Morgan fingerprint density at radius 3 is 2.82 bits per heavy atom. The molecule has 2 aromatic carbocycles. The first-order valence-corrected chi connectivity index (χ1v) is 10.7. The highest BCUT2D eigenvalue weighted by molar-refractivity contribution is 7.98. The topological polar surface area (TPSA) is 83.2 Å². The molecule has 0 radical (unpaired) electrons. The van der Waals surface area contributed by atoms with E-state index in [1.165, 1.54) is 16.9 Å². The number of hydrogen-bond donors (Lipinski definition) is 3. The molecule has 0 spiro atoms. The number of thioether (sulfide) groups is 1. The van der Waals surface area contributed by atoms with Gasteiger partial charge in [-0.15, -0.1) is 12.6 Å². The fraction of sp³-hybridized carbons (Fsp3) is 0.0526. The molecule has 6 nitrogen and oxygen atoms in total. The molecule has 5 rings (SSSR count). The molecule has 0 aliphatic heterocycles. The molecule has 0 atom stereocenters. The highest BCUT2D eigenvalue weighted by Crippen LogP contribution is 2.30. The van der Waals surface area contributed by atoms with Gasteiger partial charge in [-0.25, -0.2) is 9.97 Å². The lowest BCUT2D eigenvalue weighted by Gasteiger charge is -2.09. The molecule has 0 saturated heterocycles. The second-order valence-electron chi connectivity index (χ2n) is 6.10. The van der Waals surface area contributed by atoms with Crippen LogP contribution in [-0.2, 0) is 5.75 Å². The van der Waals surface area contributed by atoms with Gasteiger partial charge in [-0.05, 0) is 17.7 Å². The van der Waals surface area contributed by atoms with E-state index in [1.807, 2.05) is 41.0 Å². The maximum absolute atomic E-state index is 8.52. The Labute approximate surface area is 173 Å². The second kappa shape index (κ2) is 7.08. The fourth-order valence-electron chi connectivity index (χ4n) is 3.03. The van der Waals surface area contributed by atoms with Crippen LogP contribution in [0.4, 0.5) is 0 Å². The number of nitrogens with zero attached hydrogens (tertiary/aromatic N) is 4. The van der Waals surface area contributed by atoms with Crippen molar-refractivity contribution < 1.29 is 0 Å². The standard InChI is InChI=1S/C19H14N6S3/c20-18-25(15-13(26)7-4-8-14(15)28-18)17-12-9-21-24-16(12)22-19(23-17)27-10-11-5-2-1-3-6-11/h1-9,20,26H,10H2,(H,21,22,23,24). The van der Waals surface area contributed by atoms with Crippen molar-refractivity contribution in [3.8, 4) is 5.82 Å². The normalized spacial score (nSPS) is 11.5. The number of thiazole rings is 1. The van der Waals surface area contributed by atoms with Crippen LogP contribution in [0.5, 0.6) is 0 Å². The van der Waals surface area contributed by atoms with Gasteiger partial charge < -0.3 is 0 Å². The van der Waals surface area contributed by atoms with Gasteiger partial charge in [0, 0.05) is 10.6 Å². The number of para-hydroxylation sites is 1. The Morgan fingerprint density at radius 1 is 1.11 bits per heavy atom. The van der Waals surface area contributed by atoms with E-state index in [2.05, 4.69) is 39.9 Å². The molecule has 0 fully saturated rings. The Morgan fingerprint density at radius 2 is 1.96 bits per heavy atom. The van der Waals surface area contributed by atoms with E-state index in [9.17, 15) is 0 Å². The summed E-state index contributed by atoms with van der Waals surface area (Å²) in [5.41, 5.74) is 2.74. The van der Waals surface area contributed by atoms with Crippen LogP contribution in [0.25, 0.3) is 27.1 Å². The number of hydrogen-bond acceptors (Lipinski definition) is 7. The number of benzene rings is 2. The van der Waals surface area contributed by atoms with Crippen molar-refractivity contribution in [3.63, 3.8) is 0 Å². The summed E-state index contributed by atoms with van der Waals surface area (Å²) in [6.07, 6.45) is 1.70. The minimum absolute atomic E-state index is 0.386. The quantitative estimate of drug-likeness (QED) is 0.227. The van der Waals surface area contributed by atoms with Crippen LogP contribution in [-0.4, -0.2) is 24.7 Å². The number of aromatic nitrogens is 5. The molecule has 9 heteroatoms. The number of aromatic amines is 1. The molecule has 0 aliphatic rings. The maximum Gasteiger partial charge on any atom is 0.191 e. The number of rotatable bonds is 4. The van der Waals surface area contributed by atoms with Crippen LogP contribution in [0.1, 0.15) is 5.56 Å². The monoisotopic (exact) mass is 422 g/mol. The zero-order chi connectivity index (χ0) is 19.1. The summed E-state index contributed by atoms with van der Waals surface area (Å²) in [6, 6.07) is 16.1. The van der Waals surface area contributed by atoms with Gasteiger partial charge in [0.2, 0.25) is 0 Å². The molecule has 0 aliphatic carbocycles. The lowest BCUT2D eigenvalue weighted by molar-refractivity contribution is 0.898. The van der Waals surface area contributed by atoms with Crippen LogP contribution in [0.15, 0.2) is 64.8 Å². The first-order chi connectivity index (χ1) is 13.7. The van der Waals surface area contributed by atoms with Gasteiger partial charge in [0.25, 0.3) is 0 Å². The van der Waals surface area contributed by atoms with E-state index in [0.29, 0.717) is 21.4 Å². The first-order valence-electron chi connectivity index (χ1n) is 8.47. The molecule has 0 bridgehead atoms. The molecule has 5 aromatic rings. The van der Waals surface area contributed by atoms with Gasteiger partial charge >= 0.3 is 0 Å². The third kappa shape index (κ3) is 3.01. The third-order valence-corrected chi connectivity index (χ3v) is 6.51. The van der Waals surface area contributed by atoms with Crippen molar-refractivity contribution >= 4 is 57.0 Å². The van der Waals surface area contributed by atoms with Crippen LogP contribution in [0.2, 0.25) is 0 Å². The lowest BCUT2D eigenvalue weighted by atomic mass is 10.2. The van der Waals surface area contributed by atoms with E-state index < -0.39 is 0 Å². The van der Waals surface area contributed by atoms with Crippen molar-refractivity contribution in [2.75, 3.05) is 0 Å². The zero-order valence-electron chi connectivity index (χ0n) is 14.5. The number of H-pyrrole nitrogens is 1. The van der Waals surface area contributed by atoms with Gasteiger partial charge in [0.1, 0.15) is 0 Å². The molecule has 0 amide bonds. The summed E-state index contributed by atoms with van der Waals surface area (Å²) in [5.74, 6) is 1.41. The van der Waals surface area contributed by atoms with E-state index in [1.54, 1.807) is 18.0 Å². The Balaban J connectivity index is 1.67. The van der Waals surface area contributed by atoms with Crippen LogP contribution < -0.4 is 4.80 Å². The Kier molecular flexibility index (Phi) is 4.42. The van der Waals surface area contributed by atoms with Crippen LogP contribution in [0, 0.1) is 5.41 Å².